The molecule has 3 rings (SSSR count). The molecule has 5 nitrogen and oxygen atoms in total. The van der Waals surface area contributed by atoms with Crippen molar-refractivity contribution in [2.24, 2.45) is 4.99 Å². The third-order valence-corrected chi connectivity index (χ3v) is 3.20. The molecule has 1 aliphatic rings. The molecule has 1 aliphatic heterocycles. The van der Waals surface area contributed by atoms with Crippen molar-refractivity contribution in [3.8, 4) is 0 Å². The fourth-order valence-electron chi connectivity index (χ4n) is 2.18. The number of rotatable bonds is 0. The van der Waals surface area contributed by atoms with Crippen LogP contribution in [0.25, 0.3) is 10.8 Å². The highest BCUT2D eigenvalue weighted by molar-refractivity contribution is 6.68. The van der Waals surface area contributed by atoms with Crippen LogP contribution in [0.3, 0.4) is 0 Å². The van der Waals surface area contributed by atoms with Crippen LogP contribution in [-0.2, 0) is 5.54 Å². The zero-order valence-corrected chi connectivity index (χ0v) is 11.6. The van der Waals surface area contributed by atoms with E-state index in [9.17, 15) is 4.79 Å². The summed E-state index contributed by atoms with van der Waals surface area (Å²) in [6.45, 7) is 6.25. The maximum atomic E-state index is 11.5. The maximum absolute atomic E-state index is 11.5. The molecular formula is C13H13ClN4O. The number of anilines is 1. The Morgan fingerprint density at radius 3 is 2.74 bits per heavy atom. The standard InChI is InChI=1S/C13H13ClN4O/c1-13(2,3)18-6-7-4-5-8(19)15-10-9(7)11(18)17-12(14)16-10/h4-6H,1-3H3,(H,15,16,17,19). The second-order valence-corrected chi connectivity index (χ2v) is 5.84. The molecule has 2 aromatic heterocycles. The van der Waals surface area contributed by atoms with Crippen LogP contribution < -0.4 is 10.9 Å². The predicted octanol–water partition coefficient (Wildman–Crippen LogP) is 2.80. The lowest BCUT2D eigenvalue weighted by molar-refractivity contribution is 0.403. The fourth-order valence-corrected chi connectivity index (χ4v) is 2.35. The SMILES string of the molecule is CC(C)(C)n1cc2ccc(=O)nc3c2c1N=C(Cl)N3. The highest BCUT2D eigenvalue weighted by Gasteiger charge is 2.24. The van der Waals surface area contributed by atoms with Crippen LogP contribution in [-0.4, -0.2) is 14.8 Å². The summed E-state index contributed by atoms with van der Waals surface area (Å²) >= 11 is 5.99. The Balaban J connectivity index is 2.50. The lowest BCUT2D eigenvalue weighted by Crippen LogP contribution is -2.21. The third-order valence-electron chi connectivity index (χ3n) is 3.02. The molecule has 2 aromatic rings. The van der Waals surface area contributed by atoms with E-state index in [2.05, 4.69) is 36.1 Å². The summed E-state index contributed by atoms with van der Waals surface area (Å²) in [6, 6.07) is 3.21. The second kappa shape index (κ2) is 3.81. The van der Waals surface area contributed by atoms with E-state index >= 15 is 0 Å². The van der Waals surface area contributed by atoms with Gasteiger partial charge in [-0.2, -0.15) is 4.98 Å². The Morgan fingerprint density at radius 1 is 1.32 bits per heavy atom. The molecule has 0 saturated heterocycles. The van der Waals surface area contributed by atoms with Gasteiger partial charge < -0.3 is 9.88 Å². The predicted molar refractivity (Wildman–Crippen MR) is 77.6 cm³/mol. The average molecular weight is 277 g/mol. The summed E-state index contributed by atoms with van der Waals surface area (Å²) in [4.78, 5) is 19.9. The van der Waals surface area contributed by atoms with Gasteiger partial charge in [0, 0.05) is 23.2 Å². The first-order valence-corrected chi connectivity index (χ1v) is 6.32. The Morgan fingerprint density at radius 2 is 2.05 bits per heavy atom. The van der Waals surface area contributed by atoms with Gasteiger partial charge in [0.05, 0.1) is 5.39 Å². The van der Waals surface area contributed by atoms with Crippen molar-refractivity contribution in [3.63, 3.8) is 0 Å². The summed E-state index contributed by atoms with van der Waals surface area (Å²) in [5.41, 5.74) is -0.444. The minimum atomic E-state index is -0.307. The van der Waals surface area contributed by atoms with Crippen LogP contribution in [0.1, 0.15) is 20.8 Å². The molecule has 0 atom stereocenters. The van der Waals surface area contributed by atoms with Gasteiger partial charge in [0.15, 0.2) is 0 Å². The number of hydrogen-bond acceptors (Lipinski definition) is 4. The number of halogens is 1. The molecule has 6 heteroatoms. The normalized spacial score (nSPS) is 14.2. The lowest BCUT2D eigenvalue weighted by Gasteiger charge is -2.24. The Labute approximate surface area is 114 Å². The molecule has 1 N–H and O–H groups in total. The van der Waals surface area contributed by atoms with Crippen LogP contribution in [0.15, 0.2) is 28.1 Å². The number of aromatic nitrogens is 2. The summed E-state index contributed by atoms with van der Waals surface area (Å²) in [6.07, 6.45) is 1.97. The van der Waals surface area contributed by atoms with Crippen LogP contribution in [0, 0.1) is 0 Å². The zero-order chi connectivity index (χ0) is 13.8. The summed E-state index contributed by atoms with van der Waals surface area (Å²) in [5, 5.41) is 4.79. The lowest BCUT2D eigenvalue weighted by atomic mass is 10.1. The number of nitrogens with one attached hydrogen (secondary N) is 1. The first-order chi connectivity index (χ1) is 8.86. The minimum absolute atomic E-state index is 0.136. The van der Waals surface area contributed by atoms with E-state index in [-0.39, 0.29) is 16.4 Å². The van der Waals surface area contributed by atoms with Gasteiger partial charge in [-0.15, -0.1) is 0 Å². The van der Waals surface area contributed by atoms with Crippen molar-refractivity contribution in [1.82, 2.24) is 9.55 Å². The van der Waals surface area contributed by atoms with Gasteiger partial charge in [-0.1, -0.05) is 0 Å². The van der Waals surface area contributed by atoms with Crippen molar-refractivity contribution in [2.75, 3.05) is 5.32 Å². The minimum Gasteiger partial charge on any atom is -0.326 e. The number of nitrogens with zero attached hydrogens (tertiary/aromatic N) is 3. The molecule has 0 amide bonds. The van der Waals surface area contributed by atoms with Crippen molar-refractivity contribution < 1.29 is 0 Å². The van der Waals surface area contributed by atoms with E-state index in [1.165, 1.54) is 6.07 Å². The van der Waals surface area contributed by atoms with E-state index in [1.807, 2.05) is 10.8 Å². The average Bonchev–Trinajstić information content (AvgIpc) is 2.56. The topological polar surface area (TPSA) is 59.3 Å². The zero-order valence-electron chi connectivity index (χ0n) is 10.9. The van der Waals surface area contributed by atoms with Crippen LogP contribution >= 0.6 is 11.6 Å². The van der Waals surface area contributed by atoms with Gasteiger partial charge in [-0.25, -0.2) is 4.99 Å². The second-order valence-electron chi connectivity index (χ2n) is 5.48. The quantitative estimate of drug-likeness (QED) is 0.753. The first kappa shape index (κ1) is 12.2. The van der Waals surface area contributed by atoms with Gasteiger partial charge >= 0.3 is 0 Å². The van der Waals surface area contributed by atoms with Crippen molar-refractivity contribution in [1.29, 1.82) is 0 Å². The molecular weight excluding hydrogens is 264 g/mol. The van der Waals surface area contributed by atoms with Crippen molar-refractivity contribution in [3.05, 3.63) is 28.7 Å². The number of hydrogen-bond donors (Lipinski definition) is 1. The summed E-state index contributed by atoms with van der Waals surface area (Å²) < 4.78 is 2.04. The highest BCUT2D eigenvalue weighted by Crippen LogP contribution is 2.38. The van der Waals surface area contributed by atoms with E-state index in [1.54, 1.807) is 6.07 Å². The highest BCUT2D eigenvalue weighted by atomic mass is 35.5. The van der Waals surface area contributed by atoms with Crippen LogP contribution in [0.2, 0.25) is 0 Å². The smallest absolute Gasteiger partial charge is 0.271 e. The summed E-state index contributed by atoms with van der Waals surface area (Å²) in [7, 11) is 0. The van der Waals surface area contributed by atoms with Gasteiger partial charge in [-0.3, -0.25) is 4.79 Å². The molecule has 98 valence electrons. The maximum Gasteiger partial charge on any atom is 0.271 e. The number of aliphatic imine (C=N–C) groups is 1. The molecule has 0 fully saturated rings. The van der Waals surface area contributed by atoms with Gasteiger partial charge in [0.1, 0.15) is 11.6 Å². The van der Waals surface area contributed by atoms with Gasteiger partial charge in [0.2, 0.25) is 5.29 Å². The molecule has 0 saturated carbocycles. The van der Waals surface area contributed by atoms with Crippen LogP contribution in [0.5, 0.6) is 0 Å². The molecule has 19 heavy (non-hydrogen) atoms. The van der Waals surface area contributed by atoms with E-state index < -0.39 is 0 Å². The van der Waals surface area contributed by atoms with Gasteiger partial charge in [-0.05, 0) is 38.4 Å². The molecule has 0 unspecified atom stereocenters. The Hall–Kier alpha value is -1.88. The van der Waals surface area contributed by atoms with Crippen LogP contribution in [0.4, 0.5) is 11.6 Å². The molecule has 0 bridgehead atoms. The third kappa shape index (κ3) is 1.90. The molecule has 0 spiro atoms. The monoisotopic (exact) mass is 276 g/mol. The first-order valence-electron chi connectivity index (χ1n) is 5.94. The largest absolute Gasteiger partial charge is 0.326 e. The van der Waals surface area contributed by atoms with E-state index in [4.69, 9.17) is 11.6 Å². The van der Waals surface area contributed by atoms with Crippen molar-refractivity contribution in [2.45, 2.75) is 26.3 Å². The molecule has 0 aliphatic carbocycles. The summed E-state index contributed by atoms with van der Waals surface area (Å²) in [5.74, 6) is 1.19. The van der Waals surface area contributed by atoms with Gasteiger partial charge in [0.25, 0.3) is 5.56 Å². The molecule has 0 radical (unpaired) electrons. The Kier molecular flexibility index (Phi) is 2.44. The van der Waals surface area contributed by atoms with E-state index in [0.717, 1.165) is 16.6 Å². The van der Waals surface area contributed by atoms with E-state index in [0.29, 0.717) is 5.82 Å². The fraction of sp³-hybridized carbons (Fsp3) is 0.308. The van der Waals surface area contributed by atoms with Crippen molar-refractivity contribution >= 4 is 39.3 Å². The number of amidine groups is 1. The Bertz CT molecular complexity index is 771. The molecule has 3 heterocycles. The molecule has 0 aromatic carbocycles.